The van der Waals surface area contributed by atoms with E-state index >= 15 is 0 Å². The number of nitrogens with zero attached hydrogens (tertiary/aromatic N) is 2. The Bertz CT molecular complexity index is 466. The largest absolute Gasteiger partial charge is 0.340 e. The van der Waals surface area contributed by atoms with Crippen LogP contribution in [-0.4, -0.2) is 41.9 Å². The number of hydrogen-bond donors (Lipinski definition) is 0. The number of carbonyl (C=O) groups excluding carboxylic acids is 1. The van der Waals surface area contributed by atoms with E-state index in [1.807, 2.05) is 11.0 Å². The van der Waals surface area contributed by atoms with E-state index in [9.17, 15) is 4.79 Å². The topological polar surface area (TPSA) is 23.6 Å². The summed E-state index contributed by atoms with van der Waals surface area (Å²) in [5.41, 5.74) is 1.32. The fourth-order valence-electron chi connectivity index (χ4n) is 2.89. The molecule has 116 valence electrons. The summed E-state index contributed by atoms with van der Waals surface area (Å²) in [7, 11) is 0. The average Bonchev–Trinajstić information content (AvgIpc) is 2.51. The third-order valence-corrected chi connectivity index (χ3v) is 5.14. The maximum Gasteiger partial charge on any atom is 0.225 e. The lowest BCUT2D eigenvalue weighted by molar-refractivity contribution is -0.137. The summed E-state index contributed by atoms with van der Waals surface area (Å²) in [6.07, 6.45) is 1.90. The first kappa shape index (κ1) is 16.5. The molecule has 0 unspecified atom stereocenters. The third kappa shape index (κ3) is 4.30. The van der Waals surface area contributed by atoms with E-state index in [-0.39, 0.29) is 5.92 Å². The first-order valence-electron chi connectivity index (χ1n) is 7.90. The smallest absolute Gasteiger partial charge is 0.225 e. The molecule has 0 aromatic heterocycles. The second-order valence-electron chi connectivity index (χ2n) is 5.71. The highest BCUT2D eigenvalue weighted by Gasteiger charge is 2.25. The van der Waals surface area contributed by atoms with Crippen molar-refractivity contribution >= 4 is 21.8 Å². The molecule has 1 aliphatic rings. The fraction of sp³-hybridized carbons (Fsp3) is 0.588. The molecule has 1 aromatic carbocycles. The predicted octanol–water partition coefficient (Wildman–Crippen LogP) is 3.53. The van der Waals surface area contributed by atoms with Gasteiger partial charge in [-0.05, 0) is 24.5 Å². The maximum atomic E-state index is 12.4. The second-order valence-corrected chi connectivity index (χ2v) is 6.56. The van der Waals surface area contributed by atoms with Crippen molar-refractivity contribution < 1.29 is 4.79 Å². The van der Waals surface area contributed by atoms with E-state index in [0.717, 1.165) is 45.6 Å². The minimum atomic E-state index is 0.208. The lowest BCUT2D eigenvalue weighted by Crippen LogP contribution is -2.49. The van der Waals surface area contributed by atoms with Gasteiger partial charge in [0.25, 0.3) is 0 Å². The zero-order valence-electron chi connectivity index (χ0n) is 13.0. The van der Waals surface area contributed by atoms with Crippen LogP contribution in [0.2, 0.25) is 0 Å². The highest BCUT2D eigenvalue weighted by molar-refractivity contribution is 9.10. The van der Waals surface area contributed by atoms with Gasteiger partial charge in [0.2, 0.25) is 5.91 Å². The summed E-state index contributed by atoms with van der Waals surface area (Å²) in [6, 6.07) is 8.36. The van der Waals surface area contributed by atoms with E-state index in [2.05, 4.69) is 52.9 Å². The van der Waals surface area contributed by atoms with Crippen molar-refractivity contribution in [3.63, 3.8) is 0 Å². The molecular formula is C17H25BrN2O. The minimum absolute atomic E-state index is 0.208. The zero-order chi connectivity index (χ0) is 15.2. The van der Waals surface area contributed by atoms with Crippen molar-refractivity contribution in [2.45, 2.75) is 33.2 Å². The molecule has 21 heavy (non-hydrogen) atoms. The Balaban J connectivity index is 1.86. The fourth-order valence-corrected chi connectivity index (χ4v) is 3.30. The van der Waals surface area contributed by atoms with Crippen LogP contribution in [0.25, 0.3) is 0 Å². The Morgan fingerprint density at radius 1 is 1.14 bits per heavy atom. The molecule has 0 aliphatic carbocycles. The van der Waals surface area contributed by atoms with Crippen LogP contribution < -0.4 is 0 Å². The number of halogens is 1. The van der Waals surface area contributed by atoms with Gasteiger partial charge in [-0.3, -0.25) is 9.69 Å². The molecule has 1 aromatic rings. The molecule has 0 N–H and O–H groups in total. The molecule has 4 heteroatoms. The minimum Gasteiger partial charge on any atom is -0.340 e. The summed E-state index contributed by atoms with van der Waals surface area (Å²) >= 11 is 3.60. The van der Waals surface area contributed by atoms with Crippen LogP contribution >= 0.6 is 15.9 Å². The van der Waals surface area contributed by atoms with Gasteiger partial charge in [0.15, 0.2) is 0 Å². The van der Waals surface area contributed by atoms with Gasteiger partial charge in [0.1, 0.15) is 0 Å². The van der Waals surface area contributed by atoms with E-state index in [4.69, 9.17) is 0 Å². The number of rotatable bonds is 5. The highest BCUT2D eigenvalue weighted by Crippen LogP contribution is 2.19. The quantitative estimate of drug-likeness (QED) is 0.809. The van der Waals surface area contributed by atoms with E-state index in [0.29, 0.717) is 5.91 Å². The van der Waals surface area contributed by atoms with Crippen LogP contribution in [0.3, 0.4) is 0 Å². The van der Waals surface area contributed by atoms with Crippen molar-refractivity contribution in [1.29, 1.82) is 0 Å². The number of benzene rings is 1. The van der Waals surface area contributed by atoms with E-state index in [1.165, 1.54) is 10.0 Å². The third-order valence-electron chi connectivity index (χ3n) is 4.37. The maximum absolute atomic E-state index is 12.4. The van der Waals surface area contributed by atoms with Crippen molar-refractivity contribution in [2.75, 3.05) is 26.2 Å². The predicted molar refractivity (Wildman–Crippen MR) is 90.1 cm³/mol. The molecular weight excluding hydrogens is 328 g/mol. The van der Waals surface area contributed by atoms with E-state index in [1.54, 1.807) is 0 Å². The van der Waals surface area contributed by atoms with Crippen LogP contribution in [0.5, 0.6) is 0 Å². The molecule has 0 spiro atoms. The first-order valence-corrected chi connectivity index (χ1v) is 8.69. The van der Waals surface area contributed by atoms with Gasteiger partial charge in [-0.15, -0.1) is 0 Å². The average molecular weight is 353 g/mol. The zero-order valence-corrected chi connectivity index (χ0v) is 14.6. The molecule has 0 bridgehead atoms. The molecule has 1 fully saturated rings. The van der Waals surface area contributed by atoms with Crippen LogP contribution in [0.15, 0.2) is 28.7 Å². The molecule has 2 rings (SSSR count). The van der Waals surface area contributed by atoms with Crippen LogP contribution in [0.4, 0.5) is 0 Å². The van der Waals surface area contributed by atoms with Crippen molar-refractivity contribution in [3.8, 4) is 0 Å². The standard InChI is InChI=1S/C17H25BrN2O/c1-3-14(4-2)17(21)20-11-9-19(10-12-20)13-15-7-5-6-8-16(15)18/h5-8,14H,3-4,9-13H2,1-2H3. The molecule has 1 amide bonds. The Morgan fingerprint density at radius 3 is 2.33 bits per heavy atom. The molecule has 3 nitrogen and oxygen atoms in total. The van der Waals surface area contributed by atoms with Crippen LogP contribution in [0, 0.1) is 5.92 Å². The normalized spacial score (nSPS) is 16.5. The van der Waals surface area contributed by atoms with E-state index < -0.39 is 0 Å². The van der Waals surface area contributed by atoms with Gasteiger partial charge in [0, 0.05) is 43.1 Å². The number of amides is 1. The summed E-state index contributed by atoms with van der Waals surface area (Å²) in [6.45, 7) is 8.82. The Hall–Kier alpha value is -0.870. The highest BCUT2D eigenvalue weighted by atomic mass is 79.9. The Labute approximate surface area is 136 Å². The summed E-state index contributed by atoms with van der Waals surface area (Å²) < 4.78 is 1.17. The summed E-state index contributed by atoms with van der Waals surface area (Å²) in [4.78, 5) is 16.9. The van der Waals surface area contributed by atoms with Gasteiger partial charge in [-0.1, -0.05) is 48.0 Å². The van der Waals surface area contributed by atoms with Crippen molar-refractivity contribution in [2.24, 2.45) is 5.92 Å². The number of carbonyl (C=O) groups is 1. The number of piperazine rings is 1. The van der Waals surface area contributed by atoms with Crippen molar-refractivity contribution in [3.05, 3.63) is 34.3 Å². The van der Waals surface area contributed by atoms with Gasteiger partial charge < -0.3 is 4.90 Å². The Morgan fingerprint density at radius 2 is 1.76 bits per heavy atom. The molecule has 0 saturated carbocycles. The summed E-state index contributed by atoms with van der Waals surface area (Å²) in [5, 5.41) is 0. The lowest BCUT2D eigenvalue weighted by Gasteiger charge is -2.36. The van der Waals surface area contributed by atoms with Crippen LogP contribution in [-0.2, 0) is 11.3 Å². The second kappa shape index (κ2) is 7.95. The van der Waals surface area contributed by atoms with Gasteiger partial charge in [-0.25, -0.2) is 0 Å². The van der Waals surface area contributed by atoms with Crippen LogP contribution in [0.1, 0.15) is 32.3 Å². The first-order chi connectivity index (χ1) is 10.2. The monoisotopic (exact) mass is 352 g/mol. The number of hydrogen-bond acceptors (Lipinski definition) is 2. The molecule has 1 saturated heterocycles. The lowest BCUT2D eigenvalue weighted by atomic mass is 10.0. The molecule has 1 aliphatic heterocycles. The van der Waals surface area contributed by atoms with Crippen molar-refractivity contribution in [1.82, 2.24) is 9.80 Å². The molecule has 0 radical (unpaired) electrons. The molecule has 0 atom stereocenters. The SMILES string of the molecule is CCC(CC)C(=O)N1CCN(Cc2ccccc2Br)CC1. The van der Waals surface area contributed by atoms with Gasteiger partial charge >= 0.3 is 0 Å². The summed E-state index contributed by atoms with van der Waals surface area (Å²) in [5.74, 6) is 0.556. The molecule has 1 heterocycles. The van der Waals surface area contributed by atoms with Gasteiger partial charge in [0.05, 0.1) is 0 Å². The Kier molecular flexibility index (Phi) is 6.24. The van der Waals surface area contributed by atoms with Gasteiger partial charge in [-0.2, -0.15) is 0 Å².